The van der Waals surface area contributed by atoms with Crippen molar-refractivity contribution >= 4 is 55.7 Å². The molecule has 0 aromatic heterocycles. The molecule has 2 aliphatic rings. The van der Waals surface area contributed by atoms with Gasteiger partial charge >= 0.3 is 9.76 Å². The van der Waals surface area contributed by atoms with Crippen LogP contribution in [0.1, 0.15) is 78.7 Å². The van der Waals surface area contributed by atoms with Crippen molar-refractivity contribution in [1.29, 1.82) is 0 Å². The number of carbonyl (C=O) groups is 3. The first kappa shape index (κ1) is 33.4. The maximum Gasteiger partial charge on any atom is 0.714 e. The van der Waals surface area contributed by atoms with E-state index in [1.54, 1.807) is 22.0 Å². The molecule has 1 aromatic carbocycles. The zero-order valence-electron chi connectivity index (χ0n) is 25.5. The Morgan fingerprint density at radius 3 is 2.12 bits per heavy atom. The molecule has 1 aromatic rings. The lowest BCUT2D eigenvalue weighted by atomic mass is 9.83. The molecule has 10 heteroatoms. The predicted molar refractivity (Wildman–Crippen MR) is 173 cm³/mol. The molecule has 0 unspecified atom stereocenters. The first-order valence-electron chi connectivity index (χ1n) is 15.0. The summed E-state index contributed by atoms with van der Waals surface area (Å²) in [5.74, 6) is -0.651. The number of unbranched alkanes of at least 4 members (excludes halogenated alkanes) is 2. The molecule has 42 heavy (non-hydrogen) atoms. The fourth-order valence-corrected chi connectivity index (χ4v) is 5.96. The minimum atomic E-state index is -0.342. The number of fused-ring (bicyclic) bond motifs is 1. The summed E-state index contributed by atoms with van der Waals surface area (Å²) in [7, 11) is -0.285. The Kier molecular flexibility index (Phi) is 12.3. The van der Waals surface area contributed by atoms with Crippen LogP contribution in [0.2, 0.25) is 0 Å². The first-order valence-corrected chi connectivity index (χ1v) is 16.3. The van der Waals surface area contributed by atoms with Gasteiger partial charge in [-0.05, 0) is 67.4 Å². The fraction of sp³-hybridized carbons (Fsp3) is 0.500. The van der Waals surface area contributed by atoms with Gasteiger partial charge in [0.05, 0.1) is 0 Å². The number of nitrogens with one attached hydrogen (secondary N) is 1. The number of rotatable bonds is 14. The zero-order valence-corrected chi connectivity index (χ0v) is 27.4. The number of thiocarbonyl (C=S) groups is 1. The van der Waals surface area contributed by atoms with Crippen LogP contribution >= 0.6 is 12.2 Å². The van der Waals surface area contributed by atoms with Crippen molar-refractivity contribution in [2.45, 2.75) is 78.6 Å². The maximum atomic E-state index is 13.3. The van der Waals surface area contributed by atoms with E-state index in [4.69, 9.17) is 12.2 Å². The molecule has 8 nitrogen and oxygen atoms in total. The van der Waals surface area contributed by atoms with E-state index in [1.165, 1.54) is 0 Å². The van der Waals surface area contributed by atoms with Gasteiger partial charge in [-0.1, -0.05) is 59.6 Å². The third-order valence-corrected chi connectivity index (χ3v) is 8.74. The van der Waals surface area contributed by atoms with E-state index in [2.05, 4.69) is 44.0 Å². The number of nitrogens with zero attached hydrogens (tertiary/aromatic N) is 3. The summed E-state index contributed by atoms with van der Waals surface area (Å²) in [5, 5.41) is 4.13. The third-order valence-electron chi connectivity index (χ3n) is 7.73. The molecule has 0 saturated carbocycles. The summed E-state index contributed by atoms with van der Waals surface area (Å²) in [6, 6.07) is 6.05. The van der Waals surface area contributed by atoms with E-state index in [0.29, 0.717) is 37.7 Å². The van der Waals surface area contributed by atoms with Gasteiger partial charge in [0.25, 0.3) is 11.8 Å². The van der Waals surface area contributed by atoms with Crippen LogP contribution in [0.4, 0.5) is 5.69 Å². The number of amides is 3. The van der Waals surface area contributed by atoms with Crippen molar-refractivity contribution < 1.29 is 19.2 Å². The number of allylic oxidation sites excluding steroid dienone is 5. The van der Waals surface area contributed by atoms with Crippen molar-refractivity contribution in [2.24, 2.45) is 0 Å². The SMILES string of the molecule is CCCCN1C(=O)C(=C/C=C/C=C2/N(CCCNC(=O)CC)c3ccc([Si+]O)cc3C2(C)C)C(=O)N(CCCC)C1=S. The highest BCUT2D eigenvalue weighted by Crippen LogP contribution is 2.47. The van der Waals surface area contributed by atoms with Gasteiger partial charge in [0.2, 0.25) is 5.91 Å². The minimum absolute atomic E-state index is 0.0338. The molecule has 2 aliphatic heterocycles. The van der Waals surface area contributed by atoms with Gasteiger partial charge < -0.3 is 10.2 Å². The summed E-state index contributed by atoms with van der Waals surface area (Å²) in [4.78, 5) is 53.5. The van der Waals surface area contributed by atoms with Crippen molar-refractivity contribution in [1.82, 2.24) is 15.1 Å². The highest BCUT2D eigenvalue weighted by Gasteiger charge is 2.41. The van der Waals surface area contributed by atoms with Gasteiger partial charge in [-0.15, -0.1) is 0 Å². The number of hydrogen-bond acceptors (Lipinski definition) is 6. The average molecular weight is 609 g/mol. The number of anilines is 1. The van der Waals surface area contributed by atoms with E-state index >= 15 is 0 Å². The van der Waals surface area contributed by atoms with Gasteiger partial charge in [-0.25, -0.2) is 4.80 Å². The van der Waals surface area contributed by atoms with Crippen molar-refractivity contribution in [3.63, 3.8) is 0 Å². The van der Waals surface area contributed by atoms with Gasteiger partial charge in [-0.3, -0.25) is 24.2 Å². The molecular weight excluding hydrogens is 565 g/mol. The van der Waals surface area contributed by atoms with E-state index < -0.39 is 0 Å². The Morgan fingerprint density at radius 1 is 0.952 bits per heavy atom. The summed E-state index contributed by atoms with van der Waals surface area (Å²) in [5.41, 5.74) is 3.04. The quantitative estimate of drug-likeness (QED) is 0.110. The lowest BCUT2D eigenvalue weighted by molar-refractivity contribution is -0.134. The molecule has 0 bridgehead atoms. The van der Waals surface area contributed by atoms with Crippen LogP contribution < -0.4 is 15.4 Å². The molecule has 3 rings (SSSR count). The second kappa shape index (κ2) is 15.4. The summed E-state index contributed by atoms with van der Waals surface area (Å²) in [6.45, 7) is 12.5. The fourth-order valence-electron chi connectivity index (χ4n) is 5.25. The second-order valence-corrected chi connectivity index (χ2v) is 12.3. The van der Waals surface area contributed by atoms with Gasteiger partial charge in [-0.2, -0.15) is 0 Å². The predicted octanol–water partition coefficient (Wildman–Crippen LogP) is 3.86. The average Bonchev–Trinajstić information content (AvgIpc) is 3.19. The Balaban J connectivity index is 1.91. The lowest BCUT2D eigenvalue weighted by Gasteiger charge is -2.36. The molecule has 225 valence electrons. The van der Waals surface area contributed by atoms with Crippen molar-refractivity contribution in [2.75, 3.05) is 31.1 Å². The van der Waals surface area contributed by atoms with E-state index in [0.717, 1.165) is 54.2 Å². The molecule has 2 N–H and O–H groups in total. The second-order valence-electron chi connectivity index (χ2n) is 11.1. The molecule has 2 heterocycles. The Bertz CT molecular complexity index is 1240. The summed E-state index contributed by atoms with van der Waals surface area (Å²) >= 11 is 5.56. The van der Waals surface area contributed by atoms with Crippen molar-refractivity contribution in [3.05, 3.63) is 59.3 Å². The molecular formula is C32H44N4O4SSi+. The molecule has 0 aliphatic carbocycles. The topological polar surface area (TPSA) is 93.2 Å². The Morgan fingerprint density at radius 2 is 1.55 bits per heavy atom. The molecule has 1 saturated heterocycles. The van der Waals surface area contributed by atoms with E-state index in [1.807, 2.05) is 31.2 Å². The van der Waals surface area contributed by atoms with E-state index in [-0.39, 0.29) is 38.5 Å². The summed E-state index contributed by atoms with van der Waals surface area (Å²) in [6.07, 6.45) is 11.9. The van der Waals surface area contributed by atoms with E-state index in [9.17, 15) is 19.2 Å². The highest BCUT2D eigenvalue weighted by atomic mass is 32.1. The number of carbonyl (C=O) groups excluding carboxylic acids is 3. The van der Waals surface area contributed by atoms with Crippen LogP contribution in [0.5, 0.6) is 0 Å². The van der Waals surface area contributed by atoms with Gasteiger partial charge in [0.15, 0.2) is 10.3 Å². The van der Waals surface area contributed by atoms with Gasteiger partial charge in [0.1, 0.15) is 5.57 Å². The smallest absolute Gasteiger partial charge is 0.356 e. The minimum Gasteiger partial charge on any atom is -0.356 e. The largest absolute Gasteiger partial charge is 0.714 e. The lowest BCUT2D eigenvalue weighted by Crippen LogP contribution is -2.56. The zero-order chi connectivity index (χ0) is 30.9. The van der Waals surface area contributed by atoms with Crippen LogP contribution in [0, 0.1) is 0 Å². The third kappa shape index (κ3) is 7.46. The number of benzene rings is 1. The maximum absolute atomic E-state index is 13.3. The van der Waals surface area contributed by atoms with Crippen LogP contribution in [0.25, 0.3) is 0 Å². The molecule has 0 spiro atoms. The Hall–Kier alpha value is -3.08. The van der Waals surface area contributed by atoms with Crippen molar-refractivity contribution in [3.8, 4) is 0 Å². The molecule has 0 atom stereocenters. The standard InChI is InChI=1S/C32H44N4O4SSi/c1-6-9-19-35-29(38)24(30(39)36(31(35)41)20-10-7-2)14-11-12-15-27-32(4,5)25-22-23(42-40)16-17-26(25)34(27)21-13-18-33-28(37)8-3/h11-12,14-17,22,40H,6-10,13,18-21H2,1-5H3,(H,33,37)/q+1/b12-11+,27-15+. The normalized spacial score (nSPS) is 17.5. The van der Waals surface area contributed by atoms with Crippen LogP contribution in [-0.4, -0.2) is 73.4 Å². The highest BCUT2D eigenvalue weighted by molar-refractivity contribution is 7.80. The van der Waals surface area contributed by atoms with Crippen LogP contribution in [0.15, 0.2) is 53.8 Å². The molecule has 1 radical (unpaired) electrons. The van der Waals surface area contributed by atoms with Crippen LogP contribution in [0.3, 0.4) is 0 Å². The first-order chi connectivity index (χ1) is 20.1. The summed E-state index contributed by atoms with van der Waals surface area (Å²) < 4.78 is 0. The monoisotopic (exact) mass is 608 g/mol. The Labute approximate surface area is 258 Å². The molecule has 1 fully saturated rings. The van der Waals surface area contributed by atoms with Crippen LogP contribution in [-0.2, 0) is 19.8 Å². The number of hydrogen-bond donors (Lipinski definition) is 2. The van der Waals surface area contributed by atoms with Gasteiger partial charge in [0, 0.05) is 49.4 Å². The molecule has 3 amide bonds.